The van der Waals surface area contributed by atoms with Crippen LogP contribution in [0.25, 0.3) is 11.1 Å². The number of hydrogen-bond donors (Lipinski definition) is 2. The number of nitrogens with one attached hydrogen (secondary N) is 1. The topological polar surface area (TPSA) is 74.7 Å². The maximum absolute atomic E-state index is 12.5. The van der Waals surface area contributed by atoms with E-state index in [0.717, 1.165) is 37.1 Å². The van der Waals surface area contributed by atoms with Gasteiger partial charge in [0.25, 0.3) is 5.91 Å². The quantitative estimate of drug-likeness (QED) is 0.784. The van der Waals surface area contributed by atoms with Gasteiger partial charge in [-0.1, -0.05) is 18.6 Å². The molecule has 1 aliphatic rings. The molecule has 0 radical (unpaired) electrons. The summed E-state index contributed by atoms with van der Waals surface area (Å²) in [7, 11) is 1.58. The number of likely N-dealkylation sites (tertiary alicyclic amines) is 1. The number of pyridine rings is 1. The van der Waals surface area contributed by atoms with E-state index in [0.29, 0.717) is 18.0 Å². The fraction of sp³-hybridized carbons (Fsp3) is 0.429. The molecule has 0 aliphatic carbocycles. The molecule has 0 bridgehead atoms. The van der Waals surface area contributed by atoms with E-state index < -0.39 is 0 Å². The van der Waals surface area contributed by atoms with Crippen molar-refractivity contribution in [3.05, 3.63) is 48.2 Å². The second-order valence-electron chi connectivity index (χ2n) is 6.79. The molecule has 1 atom stereocenters. The van der Waals surface area contributed by atoms with Crippen LogP contribution in [0.3, 0.4) is 0 Å². The van der Waals surface area contributed by atoms with Crippen LogP contribution >= 0.6 is 0 Å². The summed E-state index contributed by atoms with van der Waals surface area (Å²) in [6.07, 6.45) is 5.09. The number of hydrogen-bond acceptors (Lipinski definition) is 5. The first-order chi connectivity index (χ1) is 13.2. The Hall–Kier alpha value is -2.44. The smallest absolute Gasteiger partial charge is 0.251 e. The van der Waals surface area contributed by atoms with E-state index in [1.54, 1.807) is 19.4 Å². The van der Waals surface area contributed by atoms with Crippen LogP contribution < -0.4 is 10.1 Å². The average molecular weight is 369 g/mol. The van der Waals surface area contributed by atoms with Crippen molar-refractivity contribution in [3.8, 4) is 17.0 Å². The number of aliphatic hydroxyl groups is 1. The normalized spacial score (nSPS) is 17.5. The molecule has 0 spiro atoms. The number of carbonyl (C=O) groups is 1. The zero-order chi connectivity index (χ0) is 19.1. The third kappa shape index (κ3) is 5.05. The van der Waals surface area contributed by atoms with Crippen molar-refractivity contribution in [1.82, 2.24) is 15.2 Å². The van der Waals surface area contributed by atoms with Gasteiger partial charge in [-0.3, -0.25) is 9.69 Å². The Bertz CT molecular complexity index is 749. The summed E-state index contributed by atoms with van der Waals surface area (Å²) in [5.41, 5.74) is 2.50. The van der Waals surface area contributed by atoms with Crippen molar-refractivity contribution in [3.63, 3.8) is 0 Å². The first-order valence-corrected chi connectivity index (χ1v) is 9.45. The summed E-state index contributed by atoms with van der Waals surface area (Å²) in [5, 5.41) is 12.5. The summed E-state index contributed by atoms with van der Waals surface area (Å²) < 4.78 is 5.08. The second kappa shape index (κ2) is 9.48. The second-order valence-corrected chi connectivity index (χ2v) is 6.79. The van der Waals surface area contributed by atoms with Crippen LogP contribution in [-0.2, 0) is 0 Å². The van der Waals surface area contributed by atoms with Gasteiger partial charge in [-0.25, -0.2) is 4.98 Å². The molecule has 2 heterocycles. The van der Waals surface area contributed by atoms with Gasteiger partial charge in [0, 0.05) is 42.5 Å². The van der Waals surface area contributed by atoms with Crippen LogP contribution in [0.1, 0.15) is 29.6 Å². The maximum atomic E-state index is 12.5. The number of rotatable bonds is 7. The number of methoxy groups -OCH3 is 1. The Balaban J connectivity index is 1.58. The molecule has 3 rings (SSSR count). The molecule has 1 fully saturated rings. The number of piperidine rings is 1. The fourth-order valence-electron chi connectivity index (χ4n) is 3.49. The summed E-state index contributed by atoms with van der Waals surface area (Å²) in [6, 6.07) is 11.5. The van der Waals surface area contributed by atoms with Crippen LogP contribution in [0, 0.1) is 0 Å². The predicted molar refractivity (Wildman–Crippen MR) is 105 cm³/mol. The van der Waals surface area contributed by atoms with Gasteiger partial charge in [-0.15, -0.1) is 0 Å². The lowest BCUT2D eigenvalue weighted by Crippen LogP contribution is -2.45. The monoisotopic (exact) mass is 369 g/mol. The third-order valence-corrected chi connectivity index (χ3v) is 5.05. The van der Waals surface area contributed by atoms with Crippen LogP contribution in [0.5, 0.6) is 5.88 Å². The van der Waals surface area contributed by atoms with Gasteiger partial charge in [0.2, 0.25) is 5.88 Å². The number of aromatic nitrogens is 1. The summed E-state index contributed by atoms with van der Waals surface area (Å²) >= 11 is 0. The van der Waals surface area contributed by atoms with Gasteiger partial charge >= 0.3 is 0 Å². The highest BCUT2D eigenvalue weighted by molar-refractivity contribution is 5.95. The zero-order valence-electron chi connectivity index (χ0n) is 15.7. The molecule has 1 unspecified atom stereocenters. The fourth-order valence-corrected chi connectivity index (χ4v) is 3.49. The van der Waals surface area contributed by atoms with Gasteiger partial charge < -0.3 is 15.2 Å². The van der Waals surface area contributed by atoms with Gasteiger partial charge in [0.15, 0.2) is 0 Å². The summed E-state index contributed by atoms with van der Waals surface area (Å²) in [4.78, 5) is 19.0. The Labute approximate surface area is 160 Å². The van der Waals surface area contributed by atoms with E-state index >= 15 is 0 Å². The number of amides is 1. The van der Waals surface area contributed by atoms with Gasteiger partial charge in [0.05, 0.1) is 13.7 Å². The van der Waals surface area contributed by atoms with Crippen LogP contribution in [-0.4, -0.2) is 60.3 Å². The standard InChI is InChI=1S/C21H27N3O3/c1-27-20-9-8-18(14-23-20)16-5-4-6-17(13-16)21(26)22-10-12-24-11-3-2-7-19(24)15-25/h4-6,8-9,13-14,19,25H,2-3,7,10-12,15H2,1H3,(H,22,26). The minimum atomic E-state index is -0.0871. The van der Waals surface area contributed by atoms with Crippen molar-refractivity contribution in [2.75, 3.05) is 33.4 Å². The summed E-state index contributed by atoms with van der Waals surface area (Å²) in [5.74, 6) is 0.474. The number of aliphatic hydroxyl groups excluding tert-OH is 1. The third-order valence-electron chi connectivity index (χ3n) is 5.05. The zero-order valence-corrected chi connectivity index (χ0v) is 15.7. The van der Waals surface area contributed by atoms with Crippen LogP contribution in [0.4, 0.5) is 0 Å². The molecule has 1 saturated heterocycles. The molecule has 1 aliphatic heterocycles. The van der Waals surface area contributed by atoms with E-state index in [1.807, 2.05) is 30.3 Å². The number of benzene rings is 1. The average Bonchev–Trinajstić information content (AvgIpc) is 2.74. The van der Waals surface area contributed by atoms with Gasteiger partial charge in [-0.2, -0.15) is 0 Å². The Morgan fingerprint density at radius 3 is 2.93 bits per heavy atom. The molecular weight excluding hydrogens is 342 g/mol. The van der Waals surface area contributed by atoms with E-state index in [4.69, 9.17) is 4.74 Å². The van der Waals surface area contributed by atoms with Crippen molar-refractivity contribution in [1.29, 1.82) is 0 Å². The summed E-state index contributed by atoms with van der Waals surface area (Å²) in [6.45, 7) is 2.51. The molecule has 0 saturated carbocycles. The first-order valence-electron chi connectivity index (χ1n) is 9.45. The minimum Gasteiger partial charge on any atom is -0.481 e. The van der Waals surface area contributed by atoms with E-state index in [9.17, 15) is 9.90 Å². The Morgan fingerprint density at radius 2 is 2.19 bits per heavy atom. The molecule has 1 amide bonds. The first kappa shape index (κ1) is 19.3. The highest BCUT2D eigenvalue weighted by Gasteiger charge is 2.21. The molecular formula is C21H27N3O3. The van der Waals surface area contributed by atoms with Crippen molar-refractivity contribution < 1.29 is 14.6 Å². The Morgan fingerprint density at radius 1 is 1.30 bits per heavy atom. The molecule has 144 valence electrons. The molecule has 1 aromatic carbocycles. The van der Waals surface area contributed by atoms with Gasteiger partial charge in [-0.05, 0) is 43.1 Å². The maximum Gasteiger partial charge on any atom is 0.251 e. The van der Waals surface area contributed by atoms with E-state index in [-0.39, 0.29) is 18.6 Å². The lowest BCUT2D eigenvalue weighted by Gasteiger charge is -2.34. The SMILES string of the molecule is COc1ccc(-c2cccc(C(=O)NCCN3CCCCC3CO)c2)cn1. The largest absolute Gasteiger partial charge is 0.481 e. The van der Waals surface area contributed by atoms with Crippen LogP contribution in [0.15, 0.2) is 42.6 Å². The van der Waals surface area contributed by atoms with Crippen LogP contribution in [0.2, 0.25) is 0 Å². The van der Waals surface area contributed by atoms with E-state index in [1.165, 1.54) is 6.42 Å². The number of ether oxygens (including phenoxy) is 1. The molecule has 2 N–H and O–H groups in total. The highest BCUT2D eigenvalue weighted by atomic mass is 16.5. The minimum absolute atomic E-state index is 0.0871. The Kier molecular flexibility index (Phi) is 6.79. The van der Waals surface area contributed by atoms with Crippen molar-refractivity contribution >= 4 is 5.91 Å². The molecule has 6 nitrogen and oxygen atoms in total. The van der Waals surface area contributed by atoms with Crippen molar-refractivity contribution in [2.45, 2.75) is 25.3 Å². The van der Waals surface area contributed by atoms with Crippen molar-refractivity contribution in [2.24, 2.45) is 0 Å². The predicted octanol–water partition coefficient (Wildman–Crippen LogP) is 2.33. The van der Waals surface area contributed by atoms with Gasteiger partial charge in [0.1, 0.15) is 0 Å². The molecule has 6 heteroatoms. The molecule has 2 aromatic rings. The molecule has 27 heavy (non-hydrogen) atoms. The highest BCUT2D eigenvalue weighted by Crippen LogP contribution is 2.21. The lowest BCUT2D eigenvalue weighted by atomic mass is 10.0. The molecule has 1 aromatic heterocycles. The number of carbonyl (C=O) groups excluding carboxylic acids is 1. The number of nitrogens with zero attached hydrogens (tertiary/aromatic N) is 2. The lowest BCUT2D eigenvalue weighted by molar-refractivity contribution is 0.0849. The van der Waals surface area contributed by atoms with E-state index in [2.05, 4.69) is 15.2 Å².